The summed E-state index contributed by atoms with van der Waals surface area (Å²) >= 11 is 0. The molecule has 0 aliphatic heterocycles. The monoisotopic (exact) mass is 742 g/mol. The lowest BCUT2D eigenvalue weighted by molar-refractivity contribution is 0.668. The third-order valence-corrected chi connectivity index (χ3v) is 11.6. The Balaban J connectivity index is 1.22. The van der Waals surface area contributed by atoms with Gasteiger partial charge in [-0.25, -0.2) is 0 Å². The van der Waals surface area contributed by atoms with E-state index in [0.29, 0.717) is 0 Å². The summed E-state index contributed by atoms with van der Waals surface area (Å²) in [5, 5.41) is 6.76. The first kappa shape index (κ1) is 32.4. The third-order valence-electron chi connectivity index (χ3n) is 11.6. The van der Waals surface area contributed by atoms with Crippen LogP contribution in [0.1, 0.15) is 0 Å². The summed E-state index contributed by atoms with van der Waals surface area (Å²) in [5.74, 6) is 0. The number of fused-ring (bicyclic) bond motifs is 9. The van der Waals surface area contributed by atoms with Gasteiger partial charge in [0.1, 0.15) is 22.3 Å². The summed E-state index contributed by atoms with van der Waals surface area (Å²) in [7, 11) is 0. The fourth-order valence-corrected chi connectivity index (χ4v) is 9.04. The Morgan fingerprint density at radius 3 is 1.71 bits per heavy atom. The molecule has 0 saturated heterocycles. The number of anilines is 3. The molecule has 12 rings (SSSR count). The molecule has 0 aliphatic carbocycles. The maximum atomic E-state index is 6.73. The van der Waals surface area contributed by atoms with Crippen LogP contribution >= 0.6 is 0 Å². The minimum Gasteiger partial charge on any atom is -0.456 e. The van der Waals surface area contributed by atoms with Crippen molar-refractivity contribution in [2.45, 2.75) is 0 Å². The van der Waals surface area contributed by atoms with Crippen LogP contribution in [-0.4, -0.2) is 4.57 Å². The molecule has 272 valence electrons. The van der Waals surface area contributed by atoms with Crippen molar-refractivity contribution in [3.63, 3.8) is 0 Å². The highest BCUT2D eigenvalue weighted by Gasteiger charge is 2.26. The summed E-state index contributed by atoms with van der Waals surface area (Å²) in [6.45, 7) is 0. The Morgan fingerprint density at radius 1 is 0.362 bits per heavy atom. The highest BCUT2D eigenvalue weighted by molar-refractivity contribution is 6.28. The van der Waals surface area contributed by atoms with Gasteiger partial charge in [-0.1, -0.05) is 140 Å². The van der Waals surface area contributed by atoms with E-state index in [1.165, 1.54) is 16.5 Å². The van der Waals surface area contributed by atoms with Gasteiger partial charge in [0.15, 0.2) is 0 Å². The molecule has 12 aromatic rings. The lowest BCUT2D eigenvalue weighted by atomic mass is 9.94. The molecule has 0 spiro atoms. The summed E-state index contributed by atoms with van der Waals surface area (Å²) < 4.78 is 15.7. The minimum atomic E-state index is 0.849. The maximum absolute atomic E-state index is 6.73. The van der Waals surface area contributed by atoms with Crippen molar-refractivity contribution in [2.24, 2.45) is 0 Å². The number of nitrogens with zero attached hydrogens (tertiary/aromatic N) is 2. The zero-order valence-corrected chi connectivity index (χ0v) is 31.3. The van der Waals surface area contributed by atoms with Gasteiger partial charge in [-0.15, -0.1) is 0 Å². The Hall–Kier alpha value is -7.82. The van der Waals surface area contributed by atoms with Gasteiger partial charge in [-0.05, 0) is 71.3 Å². The van der Waals surface area contributed by atoms with E-state index in [-0.39, 0.29) is 0 Å². The van der Waals surface area contributed by atoms with Crippen LogP contribution in [0.25, 0.3) is 93.6 Å². The number of para-hydroxylation sites is 4. The molecule has 0 bridgehead atoms. The second-order valence-corrected chi connectivity index (χ2v) is 14.9. The highest BCUT2D eigenvalue weighted by atomic mass is 16.3. The number of aromatic nitrogens is 1. The molecule has 0 fully saturated rings. The van der Waals surface area contributed by atoms with Crippen LogP contribution in [0.2, 0.25) is 0 Å². The summed E-state index contributed by atoms with van der Waals surface area (Å²) in [6, 6.07) is 73.1. The maximum Gasteiger partial charge on any atom is 0.138 e. The molecule has 9 aromatic carbocycles. The van der Waals surface area contributed by atoms with E-state index in [0.717, 1.165) is 94.2 Å². The molecule has 3 aromatic heterocycles. The lowest BCUT2D eigenvalue weighted by Crippen LogP contribution is -2.11. The number of hydrogen-bond donors (Lipinski definition) is 0. The first-order chi connectivity index (χ1) is 28.8. The molecule has 0 unspecified atom stereocenters. The second-order valence-electron chi connectivity index (χ2n) is 14.9. The van der Waals surface area contributed by atoms with E-state index in [2.05, 4.69) is 198 Å². The Morgan fingerprint density at radius 2 is 0.948 bits per heavy atom. The van der Waals surface area contributed by atoms with Gasteiger partial charge < -0.3 is 18.3 Å². The Labute approximate surface area is 334 Å². The predicted octanol–water partition coefficient (Wildman–Crippen LogP) is 15.4. The summed E-state index contributed by atoms with van der Waals surface area (Å²) in [6.07, 6.45) is 0. The van der Waals surface area contributed by atoms with Gasteiger partial charge in [0.2, 0.25) is 0 Å². The van der Waals surface area contributed by atoms with Crippen LogP contribution in [0.3, 0.4) is 0 Å². The Kier molecular flexibility index (Phi) is 7.20. The molecule has 58 heavy (non-hydrogen) atoms. The van der Waals surface area contributed by atoms with E-state index in [4.69, 9.17) is 8.83 Å². The van der Waals surface area contributed by atoms with Crippen molar-refractivity contribution in [2.75, 3.05) is 4.90 Å². The molecule has 0 radical (unpaired) electrons. The van der Waals surface area contributed by atoms with Gasteiger partial charge in [0.25, 0.3) is 0 Å². The molecule has 0 N–H and O–H groups in total. The molecule has 0 saturated carbocycles. The fourth-order valence-electron chi connectivity index (χ4n) is 9.04. The predicted molar refractivity (Wildman–Crippen MR) is 241 cm³/mol. The molecular weight excluding hydrogens is 709 g/mol. The zero-order valence-electron chi connectivity index (χ0n) is 31.3. The van der Waals surface area contributed by atoms with E-state index in [1.807, 2.05) is 18.2 Å². The summed E-state index contributed by atoms with van der Waals surface area (Å²) in [4.78, 5) is 2.37. The smallest absolute Gasteiger partial charge is 0.138 e. The first-order valence-electron chi connectivity index (χ1n) is 19.7. The van der Waals surface area contributed by atoms with Crippen LogP contribution in [0.15, 0.2) is 215 Å². The third kappa shape index (κ3) is 4.95. The standard InChI is InChI=1S/C54H34N2O2/c1-4-15-35(16-5-1)36-27-29-39(30-28-36)56-46-34-50-53(43-22-11-13-26-48(43)58-50)51(37-17-6-2-7-18-37)52(46)44-23-14-24-45(54(44)56)55(38-19-8-3-9-20-38)40-31-32-42-41-21-10-12-25-47(41)57-49(42)33-40/h1-34H. The quantitative estimate of drug-likeness (QED) is 0.170. The number of furan rings is 2. The van der Waals surface area contributed by atoms with Crippen molar-refractivity contribution in [3.8, 4) is 27.9 Å². The molecule has 0 aliphatic rings. The average Bonchev–Trinajstić information content (AvgIpc) is 3.96. The van der Waals surface area contributed by atoms with Gasteiger partial charge in [0, 0.05) is 67.1 Å². The van der Waals surface area contributed by atoms with E-state index in [9.17, 15) is 0 Å². The van der Waals surface area contributed by atoms with E-state index < -0.39 is 0 Å². The van der Waals surface area contributed by atoms with Crippen molar-refractivity contribution in [1.29, 1.82) is 0 Å². The van der Waals surface area contributed by atoms with Crippen LogP contribution < -0.4 is 4.90 Å². The van der Waals surface area contributed by atoms with Crippen molar-refractivity contribution >= 4 is 82.7 Å². The SMILES string of the molecule is c1ccc(-c2ccc(-n3c4cc5oc6ccccc6c5c(-c5ccccc5)c4c4cccc(N(c5ccccc5)c5ccc6c(c5)oc5ccccc56)c43)cc2)cc1. The van der Waals surface area contributed by atoms with Crippen LogP contribution in [0.4, 0.5) is 17.1 Å². The molecule has 0 amide bonds. The fraction of sp³-hybridized carbons (Fsp3) is 0. The number of hydrogen-bond acceptors (Lipinski definition) is 3. The van der Waals surface area contributed by atoms with Crippen molar-refractivity contribution < 1.29 is 8.83 Å². The molecular formula is C54H34N2O2. The average molecular weight is 743 g/mol. The highest BCUT2D eigenvalue weighted by Crippen LogP contribution is 2.50. The summed E-state index contributed by atoms with van der Waals surface area (Å²) in [5.41, 5.74) is 14.4. The van der Waals surface area contributed by atoms with Crippen molar-refractivity contribution in [3.05, 3.63) is 206 Å². The normalized spacial score (nSPS) is 11.8. The zero-order chi connectivity index (χ0) is 38.2. The molecule has 4 heteroatoms. The van der Waals surface area contributed by atoms with Crippen LogP contribution in [0, 0.1) is 0 Å². The van der Waals surface area contributed by atoms with Crippen LogP contribution in [0.5, 0.6) is 0 Å². The second kappa shape index (κ2) is 12.9. The van der Waals surface area contributed by atoms with Gasteiger partial charge in [-0.3, -0.25) is 0 Å². The number of benzene rings is 9. The van der Waals surface area contributed by atoms with E-state index >= 15 is 0 Å². The van der Waals surface area contributed by atoms with Gasteiger partial charge in [0.05, 0.1) is 16.7 Å². The first-order valence-corrected chi connectivity index (χ1v) is 19.7. The van der Waals surface area contributed by atoms with E-state index in [1.54, 1.807) is 0 Å². The topological polar surface area (TPSA) is 34.5 Å². The minimum absolute atomic E-state index is 0.849. The van der Waals surface area contributed by atoms with Gasteiger partial charge >= 0.3 is 0 Å². The molecule has 4 nitrogen and oxygen atoms in total. The van der Waals surface area contributed by atoms with Crippen LogP contribution in [-0.2, 0) is 0 Å². The number of rotatable bonds is 6. The lowest BCUT2D eigenvalue weighted by Gasteiger charge is -2.27. The molecule has 0 atom stereocenters. The largest absolute Gasteiger partial charge is 0.456 e. The Bertz CT molecular complexity index is 3490. The van der Waals surface area contributed by atoms with Crippen molar-refractivity contribution in [1.82, 2.24) is 4.57 Å². The molecule has 3 heterocycles. The van der Waals surface area contributed by atoms with Gasteiger partial charge in [-0.2, -0.15) is 0 Å².